The predicted molar refractivity (Wildman–Crippen MR) is 112 cm³/mol. The Labute approximate surface area is 177 Å². The first kappa shape index (κ1) is 21.1. The zero-order chi connectivity index (χ0) is 21.5. The minimum Gasteiger partial charge on any atom is -0.479 e. The van der Waals surface area contributed by atoms with Gasteiger partial charge in [-0.05, 0) is 57.6 Å². The van der Waals surface area contributed by atoms with Gasteiger partial charge in [0, 0.05) is 38.2 Å². The minimum atomic E-state index is -3.72. The number of amides is 2. The molecule has 0 saturated carbocycles. The highest BCUT2D eigenvalue weighted by Gasteiger charge is 2.36. The van der Waals surface area contributed by atoms with E-state index in [0.29, 0.717) is 42.9 Å². The molecular weight excluding hydrogens is 406 g/mol. The topological polar surface area (TPSA) is 96.0 Å². The molecule has 164 valence electrons. The molecule has 3 aliphatic heterocycles. The third-order valence-corrected chi connectivity index (χ3v) is 8.34. The van der Waals surface area contributed by atoms with E-state index in [0.717, 1.165) is 25.9 Å². The molecular formula is C21H29N3O5S. The van der Waals surface area contributed by atoms with Crippen molar-refractivity contribution < 1.29 is 22.7 Å². The molecule has 4 rings (SSSR count). The monoisotopic (exact) mass is 435 g/mol. The zero-order valence-corrected chi connectivity index (χ0v) is 18.3. The molecule has 8 nitrogen and oxygen atoms in total. The average Bonchev–Trinajstić information content (AvgIpc) is 2.74. The molecule has 0 aromatic heterocycles. The molecule has 1 atom stereocenters. The number of sulfonamides is 1. The van der Waals surface area contributed by atoms with Crippen molar-refractivity contribution in [3.05, 3.63) is 17.7 Å². The normalized spacial score (nSPS) is 23.5. The lowest BCUT2D eigenvalue weighted by Crippen LogP contribution is -2.45. The van der Waals surface area contributed by atoms with Crippen LogP contribution >= 0.6 is 0 Å². The first-order chi connectivity index (χ1) is 14.3. The fraction of sp³-hybridized carbons (Fsp3) is 0.619. The molecule has 2 fully saturated rings. The number of anilines is 1. The van der Waals surface area contributed by atoms with Crippen molar-refractivity contribution in [3.8, 4) is 5.75 Å². The van der Waals surface area contributed by atoms with E-state index in [2.05, 4.69) is 5.32 Å². The molecule has 2 saturated heterocycles. The highest BCUT2D eigenvalue weighted by atomic mass is 32.2. The van der Waals surface area contributed by atoms with E-state index in [4.69, 9.17) is 4.74 Å². The van der Waals surface area contributed by atoms with Crippen LogP contribution in [0.5, 0.6) is 5.75 Å². The standard InChI is InChI=1S/C21H29N3O5S/c1-14-12-17-18(29-15(2)20(25)22-17)13-19(14)30(27,28)24-10-6-16(7-11-24)21(26)23-8-4-3-5-9-23/h12-13,15-16H,3-11H2,1-2H3,(H,22,25)/t15-/m1/s1. The molecule has 9 heteroatoms. The highest BCUT2D eigenvalue weighted by Crippen LogP contribution is 2.36. The van der Waals surface area contributed by atoms with E-state index in [1.807, 2.05) is 4.90 Å². The van der Waals surface area contributed by atoms with Gasteiger partial charge in [-0.2, -0.15) is 4.31 Å². The van der Waals surface area contributed by atoms with E-state index in [9.17, 15) is 18.0 Å². The number of piperidine rings is 2. The smallest absolute Gasteiger partial charge is 0.265 e. The number of hydrogen-bond donors (Lipinski definition) is 1. The maximum atomic E-state index is 13.3. The molecule has 2 amide bonds. The molecule has 30 heavy (non-hydrogen) atoms. The van der Waals surface area contributed by atoms with Gasteiger partial charge in [-0.3, -0.25) is 9.59 Å². The second-order valence-corrected chi connectivity index (χ2v) is 10.3. The van der Waals surface area contributed by atoms with Crippen molar-refractivity contribution in [1.82, 2.24) is 9.21 Å². The van der Waals surface area contributed by atoms with Crippen molar-refractivity contribution in [2.75, 3.05) is 31.5 Å². The summed E-state index contributed by atoms with van der Waals surface area (Å²) in [6.45, 7) is 5.63. The van der Waals surface area contributed by atoms with Gasteiger partial charge < -0.3 is 15.0 Å². The van der Waals surface area contributed by atoms with Gasteiger partial charge in [0.05, 0.1) is 10.6 Å². The first-order valence-electron chi connectivity index (χ1n) is 10.7. The summed E-state index contributed by atoms with van der Waals surface area (Å²) in [5.74, 6) is 0.188. The van der Waals surface area contributed by atoms with Crippen molar-refractivity contribution >= 4 is 27.5 Å². The van der Waals surface area contributed by atoms with Crippen LogP contribution in [-0.4, -0.2) is 61.7 Å². The molecule has 0 bridgehead atoms. The van der Waals surface area contributed by atoms with Crippen LogP contribution in [0.15, 0.2) is 17.0 Å². The molecule has 0 unspecified atom stereocenters. The maximum absolute atomic E-state index is 13.3. The Morgan fingerprint density at radius 2 is 1.77 bits per heavy atom. The summed E-state index contributed by atoms with van der Waals surface area (Å²) in [5, 5.41) is 2.74. The Bertz CT molecular complexity index is 948. The van der Waals surface area contributed by atoms with Crippen molar-refractivity contribution in [2.24, 2.45) is 5.92 Å². The second-order valence-electron chi connectivity index (χ2n) is 8.43. The summed E-state index contributed by atoms with van der Waals surface area (Å²) >= 11 is 0. The van der Waals surface area contributed by atoms with Gasteiger partial charge in [-0.25, -0.2) is 8.42 Å². The van der Waals surface area contributed by atoms with E-state index in [1.54, 1.807) is 19.9 Å². The number of carbonyl (C=O) groups excluding carboxylic acids is 2. The number of fused-ring (bicyclic) bond motifs is 1. The van der Waals surface area contributed by atoms with Gasteiger partial charge in [-0.1, -0.05) is 0 Å². The number of benzene rings is 1. The molecule has 1 aromatic carbocycles. The molecule has 3 heterocycles. The Kier molecular flexibility index (Phi) is 5.76. The summed E-state index contributed by atoms with van der Waals surface area (Å²) in [6, 6.07) is 3.14. The maximum Gasteiger partial charge on any atom is 0.265 e. The van der Waals surface area contributed by atoms with Gasteiger partial charge in [0.1, 0.15) is 5.75 Å². The lowest BCUT2D eigenvalue weighted by Gasteiger charge is -2.35. The summed E-state index contributed by atoms with van der Waals surface area (Å²) < 4.78 is 33.7. The van der Waals surface area contributed by atoms with Crippen LogP contribution in [0.1, 0.15) is 44.6 Å². The fourth-order valence-corrected chi connectivity index (χ4v) is 6.17. The number of hydrogen-bond acceptors (Lipinski definition) is 5. The van der Waals surface area contributed by atoms with Crippen LogP contribution in [0.2, 0.25) is 0 Å². The number of aryl methyl sites for hydroxylation is 1. The van der Waals surface area contributed by atoms with Crippen LogP contribution in [0, 0.1) is 12.8 Å². The van der Waals surface area contributed by atoms with Crippen LogP contribution in [0.25, 0.3) is 0 Å². The third kappa shape index (κ3) is 3.92. The minimum absolute atomic E-state index is 0.0985. The SMILES string of the molecule is Cc1cc2c(cc1S(=O)(=O)N1CCC(C(=O)N3CCCCC3)CC1)O[C@H](C)C(=O)N2. The molecule has 0 spiro atoms. The van der Waals surface area contributed by atoms with Gasteiger partial charge in [0.15, 0.2) is 6.10 Å². The quantitative estimate of drug-likeness (QED) is 0.785. The van der Waals surface area contributed by atoms with E-state index >= 15 is 0 Å². The van der Waals surface area contributed by atoms with Crippen molar-refractivity contribution in [1.29, 1.82) is 0 Å². The van der Waals surface area contributed by atoms with Crippen LogP contribution in [-0.2, 0) is 19.6 Å². The largest absolute Gasteiger partial charge is 0.479 e. The van der Waals surface area contributed by atoms with Crippen LogP contribution in [0.4, 0.5) is 5.69 Å². The Balaban J connectivity index is 1.48. The number of likely N-dealkylation sites (tertiary alicyclic amines) is 1. The lowest BCUT2D eigenvalue weighted by molar-refractivity contribution is -0.137. The van der Waals surface area contributed by atoms with E-state index < -0.39 is 16.1 Å². The molecule has 1 aromatic rings. The number of nitrogens with zero attached hydrogens (tertiary/aromatic N) is 2. The summed E-state index contributed by atoms with van der Waals surface area (Å²) in [6.07, 6.45) is 3.69. The second kappa shape index (κ2) is 8.19. The Morgan fingerprint density at radius 3 is 2.43 bits per heavy atom. The average molecular weight is 436 g/mol. The fourth-order valence-electron chi connectivity index (χ4n) is 4.48. The zero-order valence-electron chi connectivity index (χ0n) is 17.5. The number of rotatable bonds is 3. The number of carbonyl (C=O) groups is 2. The summed E-state index contributed by atoms with van der Waals surface area (Å²) in [5.41, 5.74) is 1.04. The lowest BCUT2D eigenvalue weighted by atomic mass is 9.95. The van der Waals surface area contributed by atoms with Gasteiger partial charge in [0.2, 0.25) is 15.9 Å². The van der Waals surface area contributed by atoms with Crippen molar-refractivity contribution in [2.45, 2.75) is 57.0 Å². The van der Waals surface area contributed by atoms with Crippen molar-refractivity contribution in [3.63, 3.8) is 0 Å². The first-order valence-corrected chi connectivity index (χ1v) is 12.1. The van der Waals surface area contributed by atoms with E-state index in [-0.39, 0.29) is 22.6 Å². The predicted octanol–water partition coefficient (Wildman–Crippen LogP) is 2.13. The summed E-state index contributed by atoms with van der Waals surface area (Å²) in [4.78, 5) is 26.7. The number of nitrogens with one attached hydrogen (secondary N) is 1. The van der Waals surface area contributed by atoms with Gasteiger partial charge in [0.25, 0.3) is 5.91 Å². The number of ether oxygens (including phenoxy) is 1. The van der Waals surface area contributed by atoms with Crippen LogP contribution in [0.3, 0.4) is 0 Å². The molecule has 0 radical (unpaired) electrons. The molecule has 0 aliphatic carbocycles. The van der Waals surface area contributed by atoms with Crippen LogP contribution < -0.4 is 10.1 Å². The summed E-state index contributed by atoms with van der Waals surface area (Å²) in [7, 11) is -3.72. The Hall–Kier alpha value is -2.13. The van der Waals surface area contributed by atoms with Gasteiger partial charge >= 0.3 is 0 Å². The Morgan fingerprint density at radius 1 is 1.10 bits per heavy atom. The molecule has 3 aliphatic rings. The molecule has 1 N–H and O–H groups in total. The third-order valence-electron chi connectivity index (χ3n) is 6.30. The van der Waals surface area contributed by atoms with E-state index in [1.165, 1.54) is 16.8 Å². The highest BCUT2D eigenvalue weighted by molar-refractivity contribution is 7.89. The van der Waals surface area contributed by atoms with Gasteiger partial charge in [-0.15, -0.1) is 0 Å².